The Labute approximate surface area is 198 Å². The first-order valence-electron chi connectivity index (χ1n) is 11.0. The third-order valence-corrected chi connectivity index (χ3v) is 6.44. The number of methoxy groups -OCH3 is 1. The number of nitrogens with zero attached hydrogens (tertiary/aromatic N) is 3. The molecule has 3 N–H and O–H groups in total. The van der Waals surface area contributed by atoms with E-state index in [1.165, 1.54) is 0 Å². The van der Waals surface area contributed by atoms with E-state index in [4.69, 9.17) is 9.15 Å². The van der Waals surface area contributed by atoms with Gasteiger partial charge < -0.3 is 19.4 Å². The number of hydrogen-bond acceptors (Lipinski definition) is 7. The summed E-state index contributed by atoms with van der Waals surface area (Å²) in [6.07, 6.45) is 3.95. The Balaban J connectivity index is 1.38. The van der Waals surface area contributed by atoms with Crippen LogP contribution in [0.15, 0.2) is 53.2 Å². The summed E-state index contributed by atoms with van der Waals surface area (Å²) in [5, 5.41) is 11.7. The summed E-state index contributed by atoms with van der Waals surface area (Å²) >= 11 is 0. The molecule has 5 heterocycles. The van der Waals surface area contributed by atoms with Crippen LogP contribution in [-0.4, -0.2) is 58.1 Å². The van der Waals surface area contributed by atoms with Gasteiger partial charge in [-0.05, 0) is 42.3 Å². The van der Waals surface area contributed by atoms with Crippen LogP contribution >= 0.6 is 0 Å². The van der Waals surface area contributed by atoms with Gasteiger partial charge in [-0.15, -0.1) is 0 Å². The largest absolute Gasteiger partial charge is 0.497 e. The van der Waals surface area contributed by atoms with Crippen LogP contribution in [0.1, 0.15) is 21.7 Å². The predicted molar refractivity (Wildman–Crippen MR) is 123 cm³/mol. The van der Waals surface area contributed by atoms with E-state index in [9.17, 15) is 14.4 Å². The van der Waals surface area contributed by atoms with E-state index < -0.39 is 17.5 Å². The van der Waals surface area contributed by atoms with Crippen molar-refractivity contribution in [3.8, 4) is 17.0 Å². The topological polar surface area (TPSA) is 142 Å². The molecule has 0 aliphatic carbocycles. The van der Waals surface area contributed by atoms with Crippen LogP contribution in [0.25, 0.3) is 22.4 Å². The summed E-state index contributed by atoms with van der Waals surface area (Å²) < 4.78 is 11.3. The van der Waals surface area contributed by atoms with E-state index in [0.29, 0.717) is 41.1 Å². The highest BCUT2D eigenvalue weighted by Crippen LogP contribution is 2.34. The Morgan fingerprint density at radius 2 is 2.06 bits per heavy atom. The van der Waals surface area contributed by atoms with Gasteiger partial charge in [-0.25, -0.2) is 9.78 Å². The highest BCUT2D eigenvalue weighted by Gasteiger charge is 2.52. The number of fused-ring (bicyclic) bond motifs is 2. The quantitative estimate of drug-likeness (QED) is 0.377. The molecule has 0 radical (unpaired) electrons. The molecule has 6 rings (SSSR count). The number of furan rings is 1. The summed E-state index contributed by atoms with van der Waals surface area (Å²) in [5.41, 5.74) is 2.24. The van der Waals surface area contributed by atoms with Crippen molar-refractivity contribution in [2.75, 3.05) is 20.2 Å². The summed E-state index contributed by atoms with van der Waals surface area (Å²) in [4.78, 5) is 44.8. The number of nitrogens with one attached hydrogen (secondary N) is 3. The fraction of sp³-hybridized carbons (Fsp3) is 0.208. The second-order valence-electron chi connectivity index (χ2n) is 8.49. The zero-order chi connectivity index (χ0) is 24.2. The van der Waals surface area contributed by atoms with Crippen LogP contribution in [-0.2, 0) is 16.8 Å². The SMILES string of the molecule is COc1ccc2c(c1)CCN(C[C@@]1(c3cc4nc(-c5cn[nH]c5)ccc4o3)NC(=O)NC1=O)C2=O. The highest BCUT2D eigenvalue weighted by molar-refractivity contribution is 6.08. The minimum Gasteiger partial charge on any atom is -0.497 e. The van der Waals surface area contributed by atoms with Gasteiger partial charge >= 0.3 is 6.03 Å². The van der Waals surface area contributed by atoms with Crippen molar-refractivity contribution in [3.05, 3.63) is 65.7 Å². The molecule has 0 saturated carbocycles. The molecule has 11 nitrogen and oxygen atoms in total. The first-order chi connectivity index (χ1) is 17.0. The smallest absolute Gasteiger partial charge is 0.322 e. The number of pyridine rings is 1. The highest BCUT2D eigenvalue weighted by atomic mass is 16.5. The number of amides is 4. The molecule has 2 aliphatic rings. The van der Waals surface area contributed by atoms with E-state index >= 15 is 0 Å². The summed E-state index contributed by atoms with van der Waals surface area (Å²) in [6.45, 7) is 0.274. The van der Waals surface area contributed by atoms with Crippen molar-refractivity contribution < 1.29 is 23.5 Å². The van der Waals surface area contributed by atoms with Gasteiger partial charge in [-0.3, -0.25) is 20.0 Å². The van der Waals surface area contributed by atoms with Gasteiger partial charge in [-0.2, -0.15) is 5.10 Å². The third-order valence-electron chi connectivity index (χ3n) is 6.44. The molecule has 1 atom stereocenters. The zero-order valence-electron chi connectivity index (χ0n) is 18.6. The first kappa shape index (κ1) is 20.9. The van der Waals surface area contributed by atoms with Crippen LogP contribution in [0.4, 0.5) is 4.79 Å². The molecular formula is C24H20N6O5. The van der Waals surface area contributed by atoms with Crippen molar-refractivity contribution in [3.63, 3.8) is 0 Å². The second-order valence-corrected chi connectivity index (χ2v) is 8.49. The lowest BCUT2D eigenvalue weighted by Gasteiger charge is -2.34. The van der Waals surface area contributed by atoms with Crippen LogP contribution in [0.5, 0.6) is 5.75 Å². The Morgan fingerprint density at radius 3 is 2.80 bits per heavy atom. The van der Waals surface area contributed by atoms with Crippen molar-refractivity contribution >= 4 is 28.9 Å². The van der Waals surface area contributed by atoms with Gasteiger partial charge in [0.05, 0.1) is 25.5 Å². The monoisotopic (exact) mass is 472 g/mol. The molecule has 4 aromatic rings. The average molecular weight is 472 g/mol. The lowest BCUT2D eigenvalue weighted by molar-refractivity contribution is -0.125. The fourth-order valence-electron chi connectivity index (χ4n) is 4.62. The summed E-state index contributed by atoms with van der Waals surface area (Å²) in [5.74, 6) is 0.0399. The maximum atomic E-state index is 13.3. The molecule has 176 valence electrons. The van der Waals surface area contributed by atoms with Crippen LogP contribution in [0.3, 0.4) is 0 Å². The first-order valence-corrected chi connectivity index (χ1v) is 11.0. The molecule has 1 saturated heterocycles. The number of aromatic nitrogens is 3. The fourth-order valence-corrected chi connectivity index (χ4v) is 4.62. The van der Waals surface area contributed by atoms with Crippen molar-refractivity contribution in [2.24, 2.45) is 0 Å². The number of imide groups is 1. The number of ether oxygens (including phenoxy) is 1. The minimum atomic E-state index is -1.59. The molecule has 0 bridgehead atoms. The van der Waals surface area contributed by atoms with Gasteiger partial charge in [0.15, 0.2) is 11.1 Å². The van der Waals surface area contributed by atoms with Crippen molar-refractivity contribution in [2.45, 2.75) is 12.0 Å². The Morgan fingerprint density at radius 1 is 1.17 bits per heavy atom. The molecule has 0 spiro atoms. The van der Waals surface area contributed by atoms with Gasteiger partial charge in [0.25, 0.3) is 11.8 Å². The lowest BCUT2D eigenvalue weighted by atomic mass is 9.92. The van der Waals surface area contributed by atoms with E-state index in [1.807, 2.05) is 6.07 Å². The Kier molecular flexibility index (Phi) is 4.59. The molecule has 35 heavy (non-hydrogen) atoms. The maximum Gasteiger partial charge on any atom is 0.322 e. The summed E-state index contributed by atoms with van der Waals surface area (Å²) in [7, 11) is 1.57. The minimum absolute atomic E-state index is 0.0940. The maximum absolute atomic E-state index is 13.3. The van der Waals surface area contributed by atoms with E-state index in [0.717, 1.165) is 11.1 Å². The Bertz CT molecular complexity index is 1490. The van der Waals surface area contributed by atoms with Gasteiger partial charge in [0.2, 0.25) is 0 Å². The average Bonchev–Trinajstić information content (AvgIpc) is 3.60. The van der Waals surface area contributed by atoms with Crippen LogP contribution < -0.4 is 15.4 Å². The molecule has 1 aromatic carbocycles. The number of rotatable bonds is 5. The van der Waals surface area contributed by atoms with Gasteiger partial charge in [0.1, 0.15) is 17.0 Å². The van der Waals surface area contributed by atoms with E-state index in [-0.39, 0.29) is 18.2 Å². The second kappa shape index (κ2) is 7.69. The lowest BCUT2D eigenvalue weighted by Crippen LogP contribution is -2.55. The number of urea groups is 1. The zero-order valence-corrected chi connectivity index (χ0v) is 18.6. The summed E-state index contributed by atoms with van der Waals surface area (Å²) in [6, 6.07) is 9.77. The molecule has 2 aliphatic heterocycles. The van der Waals surface area contributed by atoms with Crippen LogP contribution in [0, 0.1) is 0 Å². The Hall–Kier alpha value is -4.67. The standard InChI is InChI=1S/C24H20N6O5/c1-34-15-2-3-16-13(8-15)6-7-30(21(16)31)12-24(22(32)28-23(33)29-24)20-9-18-19(35-20)5-4-17(27-18)14-10-25-26-11-14/h2-5,8-11H,6-7,12H2,1H3,(H,25,26)(H2,28,29,32,33)/t24-/m0/s1. The van der Waals surface area contributed by atoms with E-state index in [2.05, 4.69) is 25.8 Å². The number of carbonyl (C=O) groups is 3. The third kappa shape index (κ3) is 3.31. The molecule has 11 heteroatoms. The van der Waals surface area contributed by atoms with Crippen LogP contribution in [0.2, 0.25) is 0 Å². The number of aromatic amines is 1. The number of benzene rings is 1. The van der Waals surface area contributed by atoms with Crippen molar-refractivity contribution in [1.82, 2.24) is 30.7 Å². The van der Waals surface area contributed by atoms with Gasteiger partial charge in [0, 0.05) is 29.9 Å². The number of H-pyrrole nitrogens is 1. The molecule has 3 aromatic heterocycles. The molecular weight excluding hydrogens is 452 g/mol. The van der Waals surface area contributed by atoms with Gasteiger partial charge in [-0.1, -0.05) is 0 Å². The molecule has 0 unspecified atom stereocenters. The molecule has 4 amide bonds. The van der Waals surface area contributed by atoms with E-state index in [1.54, 1.807) is 54.7 Å². The predicted octanol–water partition coefficient (Wildman–Crippen LogP) is 1.96. The normalized spacial score (nSPS) is 19.6. The molecule has 1 fully saturated rings. The van der Waals surface area contributed by atoms with Crippen molar-refractivity contribution in [1.29, 1.82) is 0 Å². The number of carbonyl (C=O) groups excluding carboxylic acids is 3. The number of hydrogen-bond donors (Lipinski definition) is 3.